The van der Waals surface area contributed by atoms with Crippen molar-refractivity contribution < 1.29 is 13.9 Å². The predicted octanol–water partition coefficient (Wildman–Crippen LogP) is 3.81. The topological polar surface area (TPSA) is 63.2 Å². The van der Waals surface area contributed by atoms with Crippen molar-refractivity contribution in [3.63, 3.8) is 0 Å². The molecule has 0 saturated carbocycles. The van der Waals surface area contributed by atoms with Crippen LogP contribution in [0.15, 0.2) is 48.5 Å². The largest absolute Gasteiger partial charge is 0.497 e. The van der Waals surface area contributed by atoms with Crippen LogP contribution in [0.2, 0.25) is 0 Å². The Hall–Kier alpha value is -2.99. The van der Waals surface area contributed by atoms with Crippen LogP contribution in [-0.4, -0.2) is 30.6 Å². The van der Waals surface area contributed by atoms with E-state index in [2.05, 4.69) is 10.6 Å². The van der Waals surface area contributed by atoms with Gasteiger partial charge in [-0.15, -0.1) is 0 Å². The van der Waals surface area contributed by atoms with Gasteiger partial charge >= 0.3 is 0 Å². The first kappa shape index (κ1) is 19.3. The quantitative estimate of drug-likeness (QED) is 0.692. The molecule has 1 amide bonds. The maximum Gasteiger partial charge on any atom is 0.237 e. The summed E-state index contributed by atoms with van der Waals surface area (Å²) in [4.78, 5) is 17.0. The van der Waals surface area contributed by atoms with Crippen molar-refractivity contribution in [1.82, 2.24) is 15.6 Å². The van der Waals surface area contributed by atoms with Crippen LogP contribution in [0.5, 0.6) is 5.75 Å². The van der Waals surface area contributed by atoms with Gasteiger partial charge in [-0.1, -0.05) is 12.1 Å². The Kier molecular flexibility index (Phi) is 5.71. The van der Waals surface area contributed by atoms with Crippen molar-refractivity contribution in [2.45, 2.75) is 31.8 Å². The maximum absolute atomic E-state index is 13.7. The molecule has 1 aromatic heterocycles. The van der Waals surface area contributed by atoms with Gasteiger partial charge < -0.3 is 15.4 Å². The number of pyridine rings is 1. The van der Waals surface area contributed by atoms with Gasteiger partial charge in [-0.3, -0.25) is 4.79 Å². The van der Waals surface area contributed by atoms with E-state index in [0.29, 0.717) is 12.1 Å². The second kappa shape index (κ2) is 8.57. The summed E-state index contributed by atoms with van der Waals surface area (Å²) in [5.41, 5.74) is 3.19. The molecule has 150 valence electrons. The third-order valence-corrected chi connectivity index (χ3v) is 5.28. The minimum absolute atomic E-state index is 0.0428. The molecule has 0 unspecified atom stereocenters. The highest BCUT2D eigenvalue weighted by atomic mass is 19.1. The van der Waals surface area contributed by atoms with Crippen LogP contribution >= 0.6 is 0 Å². The number of benzene rings is 2. The molecule has 5 nitrogen and oxygen atoms in total. The Balaban J connectivity index is 1.72. The minimum Gasteiger partial charge on any atom is -0.497 e. The summed E-state index contributed by atoms with van der Waals surface area (Å²) in [6, 6.07) is 14.0. The van der Waals surface area contributed by atoms with Crippen molar-refractivity contribution in [3.05, 3.63) is 59.9 Å². The minimum atomic E-state index is -0.317. The number of fused-ring (bicyclic) bond motifs is 1. The highest BCUT2D eigenvalue weighted by Gasteiger charge is 2.21. The summed E-state index contributed by atoms with van der Waals surface area (Å²) in [6.07, 6.45) is 2.82. The normalized spacial score (nSPS) is 17.0. The van der Waals surface area contributed by atoms with E-state index >= 15 is 0 Å². The first-order chi connectivity index (χ1) is 14.1. The van der Waals surface area contributed by atoms with E-state index < -0.39 is 0 Å². The molecule has 0 spiro atoms. The second-order valence-electron chi connectivity index (χ2n) is 7.29. The van der Waals surface area contributed by atoms with Crippen LogP contribution in [0.25, 0.3) is 22.2 Å². The van der Waals surface area contributed by atoms with Crippen LogP contribution in [0.4, 0.5) is 4.39 Å². The highest BCUT2D eigenvalue weighted by molar-refractivity contribution is 5.84. The number of carbonyl (C=O) groups excluding carboxylic acids is 1. The molecule has 1 atom stereocenters. The summed E-state index contributed by atoms with van der Waals surface area (Å²) >= 11 is 0. The van der Waals surface area contributed by atoms with Gasteiger partial charge in [0.1, 0.15) is 11.6 Å². The van der Waals surface area contributed by atoms with Crippen molar-refractivity contribution in [1.29, 1.82) is 0 Å². The van der Waals surface area contributed by atoms with Crippen LogP contribution in [0.3, 0.4) is 0 Å². The monoisotopic (exact) mass is 393 g/mol. The van der Waals surface area contributed by atoms with E-state index in [9.17, 15) is 9.18 Å². The standard InChI is InChI=1S/C23H24FN3O2/c1-29-19-6-4-5-16(12-19)22-17(11-15-8-9-18(24)13-21(15)27-22)14-26-20-7-2-3-10-25-23(20)28/h4-6,8-9,11-13,20,26H,2-3,7,10,14H2,1H3,(H,25,28)/t20-/m0/s1. The number of amides is 1. The van der Waals surface area contributed by atoms with Gasteiger partial charge in [0.25, 0.3) is 0 Å². The first-order valence-corrected chi connectivity index (χ1v) is 9.89. The third-order valence-electron chi connectivity index (χ3n) is 5.28. The van der Waals surface area contributed by atoms with Crippen molar-refractivity contribution in [2.75, 3.05) is 13.7 Å². The summed E-state index contributed by atoms with van der Waals surface area (Å²) in [5, 5.41) is 7.20. The van der Waals surface area contributed by atoms with E-state index in [1.165, 1.54) is 12.1 Å². The third kappa shape index (κ3) is 4.38. The smallest absolute Gasteiger partial charge is 0.237 e. The van der Waals surface area contributed by atoms with E-state index in [0.717, 1.165) is 53.8 Å². The number of rotatable bonds is 5. The molecular formula is C23H24FN3O2. The Morgan fingerprint density at radius 3 is 2.97 bits per heavy atom. The Bertz CT molecular complexity index is 1040. The Morgan fingerprint density at radius 1 is 1.21 bits per heavy atom. The maximum atomic E-state index is 13.7. The van der Waals surface area contributed by atoms with Crippen LogP contribution in [-0.2, 0) is 11.3 Å². The van der Waals surface area contributed by atoms with Gasteiger partial charge in [0.2, 0.25) is 5.91 Å². The van der Waals surface area contributed by atoms with Gasteiger partial charge in [-0.25, -0.2) is 9.37 Å². The number of methoxy groups -OCH3 is 1. The number of nitrogens with one attached hydrogen (secondary N) is 2. The number of aromatic nitrogens is 1. The molecular weight excluding hydrogens is 369 g/mol. The summed E-state index contributed by atoms with van der Waals surface area (Å²) in [5.74, 6) is 0.453. The first-order valence-electron chi connectivity index (χ1n) is 9.89. The van der Waals surface area contributed by atoms with E-state index in [1.807, 2.05) is 30.3 Å². The van der Waals surface area contributed by atoms with Crippen LogP contribution in [0, 0.1) is 5.82 Å². The molecule has 2 aromatic carbocycles. The van der Waals surface area contributed by atoms with E-state index in [4.69, 9.17) is 9.72 Å². The fourth-order valence-corrected chi connectivity index (χ4v) is 3.71. The summed E-state index contributed by atoms with van der Waals surface area (Å²) in [7, 11) is 1.62. The molecule has 0 radical (unpaired) electrons. The zero-order chi connectivity index (χ0) is 20.2. The molecule has 1 fully saturated rings. The van der Waals surface area contributed by atoms with Gasteiger partial charge in [0, 0.05) is 30.1 Å². The molecule has 6 heteroatoms. The lowest BCUT2D eigenvalue weighted by atomic mass is 10.0. The van der Waals surface area contributed by atoms with Crippen LogP contribution in [0.1, 0.15) is 24.8 Å². The molecule has 3 aromatic rings. The summed E-state index contributed by atoms with van der Waals surface area (Å²) < 4.78 is 19.1. The fraction of sp³-hybridized carbons (Fsp3) is 0.304. The van der Waals surface area contributed by atoms with Crippen LogP contribution < -0.4 is 15.4 Å². The predicted molar refractivity (Wildman–Crippen MR) is 111 cm³/mol. The molecule has 4 rings (SSSR count). The molecule has 1 aliphatic rings. The lowest BCUT2D eigenvalue weighted by Crippen LogP contribution is -2.42. The number of carbonyl (C=O) groups is 1. The van der Waals surface area contributed by atoms with E-state index in [-0.39, 0.29) is 17.8 Å². The number of halogens is 1. The molecule has 0 bridgehead atoms. The Labute approximate surface area is 169 Å². The SMILES string of the molecule is COc1cccc(-c2nc3cc(F)ccc3cc2CN[C@H]2CCCCNC2=O)c1. The number of nitrogens with zero attached hydrogens (tertiary/aromatic N) is 1. The van der Waals surface area contributed by atoms with Gasteiger partial charge in [-0.05, 0) is 55.2 Å². The van der Waals surface area contributed by atoms with Gasteiger partial charge in [-0.2, -0.15) is 0 Å². The molecule has 1 aliphatic heterocycles. The van der Waals surface area contributed by atoms with Crippen molar-refractivity contribution >= 4 is 16.8 Å². The van der Waals surface area contributed by atoms with Gasteiger partial charge in [0.05, 0.1) is 24.4 Å². The molecule has 1 saturated heterocycles. The van der Waals surface area contributed by atoms with E-state index in [1.54, 1.807) is 13.2 Å². The zero-order valence-electron chi connectivity index (χ0n) is 16.4. The lowest BCUT2D eigenvalue weighted by molar-refractivity contribution is -0.122. The lowest BCUT2D eigenvalue weighted by Gasteiger charge is -2.17. The Morgan fingerprint density at radius 2 is 2.10 bits per heavy atom. The van der Waals surface area contributed by atoms with Crippen molar-refractivity contribution in [2.24, 2.45) is 0 Å². The van der Waals surface area contributed by atoms with Crippen molar-refractivity contribution in [3.8, 4) is 17.0 Å². The molecule has 2 heterocycles. The fourth-order valence-electron chi connectivity index (χ4n) is 3.71. The number of ether oxygens (including phenoxy) is 1. The van der Waals surface area contributed by atoms with Gasteiger partial charge in [0.15, 0.2) is 0 Å². The number of hydrogen-bond acceptors (Lipinski definition) is 4. The highest BCUT2D eigenvalue weighted by Crippen LogP contribution is 2.29. The average Bonchev–Trinajstić information content (AvgIpc) is 2.95. The molecule has 0 aliphatic carbocycles. The summed E-state index contributed by atoms with van der Waals surface area (Å²) in [6.45, 7) is 1.22. The average molecular weight is 393 g/mol. The zero-order valence-corrected chi connectivity index (χ0v) is 16.4. The second-order valence-corrected chi connectivity index (χ2v) is 7.29. The molecule has 2 N–H and O–H groups in total. The number of hydrogen-bond donors (Lipinski definition) is 2. The molecule has 29 heavy (non-hydrogen) atoms.